The number of anilines is 3. The molecule has 0 aromatic carbocycles. The number of hydrogen-bond acceptors (Lipinski definition) is 8. The first-order valence-electron chi connectivity index (χ1n) is 7.35. The number of nitrogens with zero attached hydrogens (tertiary/aromatic N) is 3. The van der Waals surface area contributed by atoms with E-state index in [2.05, 4.69) is 20.5 Å². The van der Waals surface area contributed by atoms with Gasteiger partial charge in [0.2, 0.25) is 0 Å². The maximum Gasteiger partial charge on any atom is 0.273 e. The highest BCUT2D eigenvalue weighted by molar-refractivity contribution is 7.90. The summed E-state index contributed by atoms with van der Waals surface area (Å²) in [6.45, 7) is -2.74. The quantitative estimate of drug-likeness (QED) is 0.711. The third kappa shape index (κ3) is 3.28. The van der Waals surface area contributed by atoms with Gasteiger partial charge in [0.15, 0.2) is 15.5 Å². The van der Waals surface area contributed by atoms with Crippen molar-refractivity contribution < 1.29 is 17.3 Å². The first-order valence-corrected chi connectivity index (χ1v) is 7.74. The number of aromatic nitrogens is 3. The predicted molar refractivity (Wildman–Crippen MR) is 80.5 cm³/mol. The zero-order valence-electron chi connectivity index (χ0n) is 14.4. The molecule has 0 fully saturated rings. The Labute approximate surface area is 131 Å². The summed E-state index contributed by atoms with van der Waals surface area (Å²) in [7, 11) is -3.61. The number of nitrogen functional groups attached to an aromatic ring is 1. The van der Waals surface area contributed by atoms with Gasteiger partial charge in [0.25, 0.3) is 5.91 Å². The lowest BCUT2D eigenvalue weighted by Gasteiger charge is -2.12. The zero-order chi connectivity index (χ0) is 18.8. The summed E-state index contributed by atoms with van der Waals surface area (Å²) >= 11 is 0. The van der Waals surface area contributed by atoms with Crippen molar-refractivity contribution in [1.29, 1.82) is 0 Å². The minimum absolute atomic E-state index is 0.0437. The molecular formula is C12H14N6O3S. The van der Waals surface area contributed by atoms with Crippen LogP contribution in [-0.2, 0) is 9.84 Å². The Morgan fingerprint density at radius 2 is 2.18 bits per heavy atom. The van der Waals surface area contributed by atoms with Crippen LogP contribution in [0.3, 0.4) is 0 Å². The van der Waals surface area contributed by atoms with Gasteiger partial charge in [-0.3, -0.25) is 4.79 Å². The topological polar surface area (TPSA) is 140 Å². The van der Waals surface area contributed by atoms with Crippen molar-refractivity contribution >= 4 is 33.1 Å². The second-order valence-electron chi connectivity index (χ2n) is 4.23. The Kier molecular flexibility index (Phi) is 3.20. The normalized spacial score (nSPS) is 13.6. The van der Waals surface area contributed by atoms with Crippen molar-refractivity contribution in [2.24, 2.45) is 0 Å². The maximum atomic E-state index is 12.1. The van der Waals surface area contributed by atoms with Gasteiger partial charge < -0.3 is 16.4 Å². The maximum absolute atomic E-state index is 12.1. The van der Waals surface area contributed by atoms with Gasteiger partial charge in [0, 0.05) is 29.6 Å². The monoisotopic (exact) mass is 325 g/mol. The molecule has 0 radical (unpaired) electrons. The molecule has 4 N–H and O–H groups in total. The van der Waals surface area contributed by atoms with E-state index in [4.69, 9.17) is 9.85 Å². The fraction of sp³-hybridized carbons (Fsp3) is 0.167. The summed E-state index contributed by atoms with van der Waals surface area (Å²) in [6, 6.07) is 3.97. The molecule has 0 aliphatic carbocycles. The fourth-order valence-electron chi connectivity index (χ4n) is 1.64. The van der Waals surface area contributed by atoms with Crippen LogP contribution < -0.4 is 16.4 Å². The van der Waals surface area contributed by atoms with Gasteiger partial charge in [0.1, 0.15) is 16.5 Å². The molecule has 0 saturated heterocycles. The molecule has 116 valence electrons. The molecule has 0 bridgehead atoms. The molecule has 9 nitrogen and oxygen atoms in total. The van der Waals surface area contributed by atoms with Crippen molar-refractivity contribution in [3.05, 3.63) is 30.1 Å². The van der Waals surface area contributed by atoms with E-state index in [9.17, 15) is 13.2 Å². The zero-order valence-corrected chi connectivity index (χ0v) is 12.2. The van der Waals surface area contributed by atoms with Crippen LogP contribution in [0.2, 0.25) is 0 Å². The molecule has 2 aromatic heterocycles. The number of amides is 1. The van der Waals surface area contributed by atoms with Crippen LogP contribution in [0.5, 0.6) is 0 Å². The average Bonchev–Trinajstić information content (AvgIpc) is 2.44. The van der Waals surface area contributed by atoms with Gasteiger partial charge in [-0.2, -0.15) is 0 Å². The minimum Gasteiger partial charge on any atom is -0.382 e. The largest absolute Gasteiger partial charge is 0.382 e. The third-order valence-corrected chi connectivity index (χ3v) is 3.69. The Bertz CT molecular complexity index is 917. The fourth-order valence-corrected chi connectivity index (χ4v) is 2.42. The predicted octanol–water partition coefficient (Wildman–Crippen LogP) is -0.0395. The van der Waals surface area contributed by atoms with Crippen molar-refractivity contribution in [3.63, 3.8) is 0 Å². The first kappa shape index (κ1) is 11.9. The van der Waals surface area contributed by atoms with E-state index >= 15 is 0 Å². The second-order valence-corrected chi connectivity index (χ2v) is 6.22. The van der Waals surface area contributed by atoms with Gasteiger partial charge >= 0.3 is 0 Å². The Morgan fingerprint density at radius 3 is 2.86 bits per heavy atom. The van der Waals surface area contributed by atoms with Crippen molar-refractivity contribution in [1.82, 2.24) is 20.5 Å². The summed E-state index contributed by atoms with van der Waals surface area (Å²) in [5.74, 6) is -1.17. The molecule has 1 amide bonds. The van der Waals surface area contributed by atoms with Crippen LogP contribution in [0.15, 0.2) is 29.3 Å². The minimum atomic E-state index is -3.61. The number of nitrogens with one attached hydrogen (secondary N) is 2. The summed E-state index contributed by atoms with van der Waals surface area (Å²) in [4.78, 5) is 15.9. The standard InChI is InChI=1S/C12H14N6O3S/c1-14-12(19)10-7(6-9(13)17-18-10)16-11-8(22(2,20)21)4-3-5-15-11/h3-6H,1-2H3,(H,14,19)(H3,13,15,16,17)/i1D3. The van der Waals surface area contributed by atoms with Crippen LogP contribution in [0.25, 0.3) is 0 Å². The number of carbonyl (C=O) groups is 1. The van der Waals surface area contributed by atoms with Crippen LogP contribution >= 0.6 is 0 Å². The molecule has 2 heterocycles. The Balaban J connectivity index is 2.48. The highest BCUT2D eigenvalue weighted by atomic mass is 32.2. The van der Waals surface area contributed by atoms with Crippen LogP contribution in [-0.4, -0.2) is 42.7 Å². The number of nitrogens with two attached hydrogens (primary N) is 1. The van der Waals surface area contributed by atoms with E-state index in [0.29, 0.717) is 0 Å². The Hall–Kier alpha value is -2.75. The van der Waals surface area contributed by atoms with E-state index in [1.807, 2.05) is 0 Å². The molecular weight excluding hydrogens is 308 g/mol. The number of carbonyl (C=O) groups excluding carboxylic acids is 1. The van der Waals surface area contributed by atoms with E-state index < -0.39 is 22.7 Å². The SMILES string of the molecule is [2H]C([2H])([2H])NC(=O)c1nnc(N)cc1Nc1ncccc1S(C)(=O)=O. The lowest BCUT2D eigenvalue weighted by atomic mass is 10.3. The molecule has 0 spiro atoms. The molecule has 0 aliphatic rings. The lowest BCUT2D eigenvalue weighted by molar-refractivity contribution is 0.0958. The summed E-state index contributed by atoms with van der Waals surface area (Å²) in [6.07, 6.45) is 2.34. The number of sulfone groups is 1. The highest BCUT2D eigenvalue weighted by Crippen LogP contribution is 2.24. The van der Waals surface area contributed by atoms with E-state index in [1.165, 1.54) is 24.4 Å². The van der Waals surface area contributed by atoms with Crippen LogP contribution in [0, 0.1) is 0 Å². The average molecular weight is 325 g/mol. The lowest BCUT2D eigenvalue weighted by Crippen LogP contribution is -2.22. The number of rotatable bonds is 4. The van der Waals surface area contributed by atoms with Gasteiger partial charge in [0.05, 0.1) is 5.69 Å². The molecule has 22 heavy (non-hydrogen) atoms. The molecule has 0 atom stereocenters. The summed E-state index contributed by atoms with van der Waals surface area (Å²) in [5, 5.41) is 11.5. The van der Waals surface area contributed by atoms with Gasteiger partial charge in [-0.05, 0) is 12.1 Å². The highest BCUT2D eigenvalue weighted by Gasteiger charge is 2.18. The molecule has 0 saturated carbocycles. The molecule has 0 aliphatic heterocycles. The van der Waals surface area contributed by atoms with Crippen LogP contribution in [0.4, 0.5) is 17.3 Å². The smallest absolute Gasteiger partial charge is 0.273 e. The van der Waals surface area contributed by atoms with Gasteiger partial charge in [-0.15, -0.1) is 10.2 Å². The van der Waals surface area contributed by atoms with Crippen LogP contribution in [0.1, 0.15) is 14.6 Å². The molecule has 0 unspecified atom stereocenters. The summed E-state index contributed by atoms with van der Waals surface area (Å²) in [5.41, 5.74) is 5.11. The second kappa shape index (κ2) is 5.93. The van der Waals surface area contributed by atoms with Gasteiger partial charge in [-0.25, -0.2) is 13.4 Å². The van der Waals surface area contributed by atoms with Gasteiger partial charge in [-0.1, -0.05) is 0 Å². The first-order chi connectivity index (χ1) is 11.5. The Morgan fingerprint density at radius 1 is 1.41 bits per heavy atom. The molecule has 2 aromatic rings. The van der Waals surface area contributed by atoms with Crippen molar-refractivity contribution in [3.8, 4) is 0 Å². The number of pyridine rings is 1. The third-order valence-electron chi connectivity index (χ3n) is 2.56. The van der Waals surface area contributed by atoms with E-state index in [1.54, 1.807) is 5.32 Å². The molecule has 10 heteroatoms. The number of hydrogen-bond donors (Lipinski definition) is 3. The molecule has 2 rings (SSSR count). The van der Waals surface area contributed by atoms with E-state index in [-0.39, 0.29) is 27.9 Å². The van der Waals surface area contributed by atoms with Crippen molar-refractivity contribution in [2.45, 2.75) is 4.90 Å². The van der Waals surface area contributed by atoms with E-state index in [0.717, 1.165) is 6.26 Å². The summed E-state index contributed by atoms with van der Waals surface area (Å²) < 4.78 is 44.9. The van der Waals surface area contributed by atoms with Crippen molar-refractivity contribution in [2.75, 3.05) is 24.3 Å².